The third-order valence-electron chi connectivity index (χ3n) is 4.12. The number of hydrogen-bond acceptors (Lipinski definition) is 10. The van der Waals surface area contributed by atoms with Gasteiger partial charge in [0.15, 0.2) is 5.82 Å². The van der Waals surface area contributed by atoms with Gasteiger partial charge < -0.3 is 5.32 Å². The fourth-order valence-electron chi connectivity index (χ4n) is 2.77. The van der Waals surface area contributed by atoms with Crippen LogP contribution < -0.4 is 15.4 Å². The van der Waals surface area contributed by atoms with Crippen LogP contribution in [0.1, 0.15) is 5.82 Å². The van der Waals surface area contributed by atoms with Gasteiger partial charge in [0, 0.05) is 42.3 Å². The van der Waals surface area contributed by atoms with E-state index in [1.54, 1.807) is 30.6 Å². The van der Waals surface area contributed by atoms with Crippen LogP contribution in [0, 0.1) is 0 Å². The molecule has 0 saturated carbocycles. The van der Waals surface area contributed by atoms with E-state index in [0.717, 1.165) is 17.1 Å². The second kappa shape index (κ2) is 8.75. The Kier molecular flexibility index (Phi) is 5.88. The van der Waals surface area contributed by atoms with Crippen LogP contribution in [0.15, 0.2) is 52.8 Å². The van der Waals surface area contributed by atoms with Crippen LogP contribution in [0.5, 0.6) is 0 Å². The van der Waals surface area contributed by atoms with Gasteiger partial charge in [-0.2, -0.15) is 4.98 Å². The quantitative estimate of drug-likeness (QED) is 0.347. The van der Waals surface area contributed by atoms with Crippen molar-refractivity contribution in [2.75, 3.05) is 18.4 Å². The molecule has 0 atom stereocenters. The number of imide groups is 1. The zero-order valence-electron chi connectivity index (χ0n) is 15.8. The molecule has 1 aliphatic rings. The highest BCUT2D eigenvalue weighted by Gasteiger charge is 2.25. The smallest absolute Gasteiger partial charge is 0.290 e. The molecule has 0 radical (unpaired) electrons. The Morgan fingerprint density at radius 1 is 1.13 bits per heavy atom. The molecule has 3 N–H and O–H groups in total. The molecule has 1 fully saturated rings. The molecule has 0 unspecified atom stereocenters. The SMILES string of the molecule is O=C1NC(=O)C(=Cc2ncnc(NCCNS(=O)(=O)c3cccc4cnccc34)n2)S1. The third kappa shape index (κ3) is 4.84. The van der Waals surface area contributed by atoms with Crippen LogP contribution in [-0.4, -0.2) is 52.6 Å². The van der Waals surface area contributed by atoms with Crippen LogP contribution >= 0.6 is 11.8 Å². The number of carbonyl (C=O) groups excluding carboxylic acids is 2. The molecule has 0 spiro atoms. The zero-order chi connectivity index (χ0) is 21.8. The van der Waals surface area contributed by atoms with Crippen molar-refractivity contribution in [2.24, 2.45) is 0 Å². The lowest BCUT2D eigenvalue weighted by atomic mass is 10.2. The van der Waals surface area contributed by atoms with E-state index in [0.29, 0.717) is 5.39 Å². The standard InChI is InChI=1S/C18H15N7O4S2/c26-16-13(30-18(27)25-16)8-15-21-10-22-17(24-15)20-6-7-23-31(28,29)14-3-1-2-11-9-19-5-4-12(11)14/h1-5,8-10,23H,6-7H2,(H,25,26,27)(H,20,21,22,24). The second-order valence-electron chi connectivity index (χ2n) is 6.20. The Morgan fingerprint density at radius 2 is 2.00 bits per heavy atom. The van der Waals surface area contributed by atoms with Crippen molar-refractivity contribution >= 4 is 55.7 Å². The van der Waals surface area contributed by atoms with Gasteiger partial charge >= 0.3 is 0 Å². The predicted octanol–water partition coefficient (Wildman–Crippen LogP) is 1.13. The molecular formula is C18H15N7O4S2. The summed E-state index contributed by atoms with van der Waals surface area (Å²) >= 11 is 0.757. The van der Waals surface area contributed by atoms with Gasteiger partial charge in [-0.3, -0.25) is 19.9 Å². The van der Waals surface area contributed by atoms with Gasteiger partial charge in [0.25, 0.3) is 11.1 Å². The highest BCUT2D eigenvalue weighted by atomic mass is 32.2. The first-order chi connectivity index (χ1) is 14.9. The number of nitrogens with one attached hydrogen (secondary N) is 3. The van der Waals surface area contributed by atoms with E-state index in [9.17, 15) is 18.0 Å². The molecule has 31 heavy (non-hydrogen) atoms. The van der Waals surface area contributed by atoms with Crippen molar-refractivity contribution < 1.29 is 18.0 Å². The monoisotopic (exact) mass is 457 g/mol. The molecule has 11 nitrogen and oxygen atoms in total. The second-order valence-corrected chi connectivity index (χ2v) is 8.95. The van der Waals surface area contributed by atoms with Crippen LogP contribution in [-0.2, 0) is 14.8 Å². The summed E-state index contributed by atoms with van der Waals surface area (Å²) in [6.45, 7) is 0.290. The summed E-state index contributed by atoms with van der Waals surface area (Å²) in [7, 11) is -3.74. The van der Waals surface area contributed by atoms with Crippen LogP contribution in [0.4, 0.5) is 10.7 Å². The Bertz CT molecular complexity index is 1310. The number of thioether (sulfide) groups is 1. The fourth-order valence-corrected chi connectivity index (χ4v) is 4.68. The summed E-state index contributed by atoms with van der Waals surface area (Å²) in [5.74, 6) is -0.120. The first-order valence-corrected chi connectivity index (χ1v) is 11.2. The number of rotatable bonds is 7. The topological polar surface area (TPSA) is 156 Å². The number of hydrogen-bond donors (Lipinski definition) is 3. The van der Waals surface area contributed by atoms with Crippen LogP contribution in [0.3, 0.4) is 0 Å². The number of benzene rings is 1. The number of aromatic nitrogens is 4. The summed E-state index contributed by atoms with van der Waals surface area (Å²) in [5, 5.41) is 5.88. The number of pyridine rings is 1. The van der Waals surface area contributed by atoms with Gasteiger partial charge in [-0.05, 0) is 23.9 Å². The molecule has 3 aromatic rings. The van der Waals surface area contributed by atoms with E-state index in [2.05, 4.69) is 35.3 Å². The predicted molar refractivity (Wildman–Crippen MR) is 114 cm³/mol. The maximum absolute atomic E-state index is 12.7. The molecule has 0 bridgehead atoms. The highest BCUT2D eigenvalue weighted by Crippen LogP contribution is 2.24. The minimum Gasteiger partial charge on any atom is -0.353 e. The summed E-state index contributed by atoms with van der Waals surface area (Å²) in [4.78, 5) is 39.2. The van der Waals surface area contributed by atoms with E-state index in [1.165, 1.54) is 18.5 Å². The molecule has 2 aromatic heterocycles. The Morgan fingerprint density at radius 3 is 2.81 bits per heavy atom. The van der Waals surface area contributed by atoms with E-state index < -0.39 is 21.2 Å². The van der Waals surface area contributed by atoms with Crippen molar-refractivity contribution in [1.29, 1.82) is 0 Å². The van der Waals surface area contributed by atoms with Crippen molar-refractivity contribution in [3.05, 3.63) is 53.7 Å². The molecule has 4 rings (SSSR count). The van der Waals surface area contributed by atoms with E-state index in [-0.39, 0.29) is 34.7 Å². The molecule has 1 aromatic carbocycles. The lowest BCUT2D eigenvalue weighted by molar-refractivity contribution is -0.115. The first-order valence-electron chi connectivity index (χ1n) is 8.92. The van der Waals surface area contributed by atoms with E-state index in [1.807, 2.05) is 0 Å². The van der Waals surface area contributed by atoms with Crippen molar-refractivity contribution in [3.63, 3.8) is 0 Å². The Labute approximate surface area is 180 Å². The minimum absolute atomic E-state index is 0.0820. The third-order valence-corrected chi connectivity index (χ3v) is 6.45. The first kappa shape index (κ1) is 20.8. The molecule has 2 amide bonds. The van der Waals surface area contributed by atoms with Crippen molar-refractivity contribution in [2.45, 2.75) is 4.90 Å². The molecule has 13 heteroatoms. The summed E-state index contributed by atoms with van der Waals surface area (Å²) in [6.07, 6.45) is 5.76. The number of anilines is 1. The van der Waals surface area contributed by atoms with Crippen molar-refractivity contribution in [1.82, 2.24) is 30.0 Å². The molecule has 1 aliphatic heterocycles. The Hall–Kier alpha value is -3.42. The van der Waals surface area contributed by atoms with Gasteiger partial charge in [-0.15, -0.1) is 0 Å². The molecule has 0 aliphatic carbocycles. The number of nitrogens with zero attached hydrogens (tertiary/aromatic N) is 4. The normalized spacial score (nSPS) is 15.4. The number of carbonyl (C=O) groups is 2. The lowest BCUT2D eigenvalue weighted by Gasteiger charge is -2.10. The van der Waals surface area contributed by atoms with Gasteiger partial charge in [-0.25, -0.2) is 23.1 Å². The van der Waals surface area contributed by atoms with E-state index >= 15 is 0 Å². The fraction of sp³-hybridized carbons (Fsp3) is 0.111. The van der Waals surface area contributed by atoms with Gasteiger partial charge in [-0.1, -0.05) is 12.1 Å². The van der Waals surface area contributed by atoms with E-state index in [4.69, 9.17) is 0 Å². The van der Waals surface area contributed by atoms with Gasteiger partial charge in [0.05, 0.1) is 9.80 Å². The summed E-state index contributed by atoms with van der Waals surface area (Å²) in [6, 6.07) is 6.64. The van der Waals surface area contributed by atoms with Gasteiger partial charge in [0.1, 0.15) is 6.33 Å². The highest BCUT2D eigenvalue weighted by molar-refractivity contribution is 8.18. The number of sulfonamides is 1. The molecule has 1 saturated heterocycles. The maximum Gasteiger partial charge on any atom is 0.290 e. The average molecular weight is 457 g/mol. The molecule has 3 heterocycles. The summed E-state index contributed by atoms with van der Waals surface area (Å²) < 4.78 is 27.9. The minimum atomic E-state index is -3.74. The lowest BCUT2D eigenvalue weighted by Crippen LogP contribution is -2.29. The average Bonchev–Trinajstić information content (AvgIpc) is 3.07. The number of fused-ring (bicyclic) bond motifs is 1. The van der Waals surface area contributed by atoms with Crippen molar-refractivity contribution in [3.8, 4) is 0 Å². The molecule has 158 valence electrons. The maximum atomic E-state index is 12.7. The zero-order valence-corrected chi connectivity index (χ0v) is 17.4. The number of amides is 2. The van der Waals surface area contributed by atoms with Crippen LogP contribution in [0.25, 0.3) is 16.8 Å². The van der Waals surface area contributed by atoms with Crippen LogP contribution in [0.2, 0.25) is 0 Å². The summed E-state index contributed by atoms with van der Waals surface area (Å²) in [5.41, 5.74) is 0. The Balaban J connectivity index is 1.38. The molecular weight excluding hydrogens is 442 g/mol. The largest absolute Gasteiger partial charge is 0.353 e. The van der Waals surface area contributed by atoms with Gasteiger partial charge in [0.2, 0.25) is 16.0 Å².